The van der Waals surface area contributed by atoms with Gasteiger partial charge in [-0.05, 0) is 54.8 Å². The Balaban J connectivity index is 1.59. The fourth-order valence-electron chi connectivity index (χ4n) is 2.84. The lowest BCUT2D eigenvalue weighted by atomic mass is 10.3. The van der Waals surface area contributed by atoms with Crippen molar-refractivity contribution in [3.05, 3.63) is 99.3 Å². The van der Waals surface area contributed by atoms with Crippen LogP contribution in [-0.2, 0) is 6.54 Å². The van der Waals surface area contributed by atoms with E-state index in [9.17, 15) is 14.0 Å². The molecule has 9 heteroatoms. The number of hydrogen-bond acceptors (Lipinski definition) is 5. The summed E-state index contributed by atoms with van der Waals surface area (Å²) in [6, 6.07) is 13.2. The summed E-state index contributed by atoms with van der Waals surface area (Å²) in [6.45, 7) is 0.112. The fourth-order valence-corrected chi connectivity index (χ4v) is 3.25. The zero-order chi connectivity index (χ0) is 20.4. The molecule has 2 heterocycles. The van der Waals surface area contributed by atoms with Gasteiger partial charge in [0.05, 0.1) is 18.4 Å². The lowest BCUT2D eigenvalue weighted by Crippen LogP contribution is -2.40. The summed E-state index contributed by atoms with van der Waals surface area (Å²) in [5, 5.41) is 8.18. The molecule has 0 unspecified atom stereocenters. The topological polar surface area (TPSA) is 74.7 Å². The van der Waals surface area contributed by atoms with Gasteiger partial charge in [-0.1, -0.05) is 5.21 Å². The van der Waals surface area contributed by atoms with Crippen molar-refractivity contribution in [1.29, 1.82) is 0 Å². The van der Waals surface area contributed by atoms with Crippen LogP contribution in [0.4, 0.5) is 4.39 Å². The standard InChI is InChI=1S/C20H16FN5O2S/c1-29-18-8-6-17(7-9-18)26-13-15(22-23-26)12-24-10-11-25(20(28)19(24)27)16-4-2-14(21)3-5-16/h2-11,13H,12H2,1H3. The van der Waals surface area contributed by atoms with E-state index in [0.29, 0.717) is 11.4 Å². The van der Waals surface area contributed by atoms with Crippen LogP contribution >= 0.6 is 11.8 Å². The maximum absolute atomic E-state index is 13.1. The highest BCUT2D eigenvalue weighted by Gasteiger charge is 2.10. The molecule has 0 spiro atoms. The summed E-state index contributed by atoms with van der Waals surface area (Å²) in [4.78, 5) is 26.1. The van der Waals surface area contributed by atoms with Crippen LogP contribution in [0.15, 0.2) is 81.6 Å². The van der Waals surface area contributed by atoms with E-state index < -0.39 is 16.9 Å². The second-order valence-electron chi connectivity index (χ2n) is 6.24. The van der Waals surface area contributed by atoms with Gasteiger partial charge in [-0.25, -0.2) is 9.07 Å². The second kappa shape index (κ2) is 7.88. The summed E-state index contributed by atoms with van der Waals surface area (Å²) in [7, 11) is 0. The minimum atomic E-state index is -0.723. The van der Waals surface area contributed by atoms with Crippen LogP contribution in [0.25, 0.3) is 11.4 Å². The van der Waals surface area contributed by atoms with Gasteiger partial charge in [0.25, 0.3) is 0 Å². The van der Waals surface area contributed by atoms with Crippen LogP contribution in [0.3, 0.4) is 0 Å². The molecule has 0 amide bonds. The highest BCUT2D eigenvalue weighted by atomic mass is 32.2. The zero-order valence-electron chi connectivity index (χ0n) is 15.4. The number of halogens is 1. The van der Waals surface area contributed by atoms with Crippen LogP contribution < -0.4 is 11.1 Å². The molecule has 146 valence electrons. The zero-order valence-corrected chi connectivity index (χ0v) is 16.2. The molecule has 2 aromatic carbocycles. The molecule has 2 aromatic heterocycles. The van der Waals surface area contributed by atoms with Gasteiger partial charge in [-0.15, -0.1) is 16.9 Å². The van der Waals surface area contributed by atoms with Crippen LogP contribution in [0.2, 0.25) is 0 Å². The van der Waals surface area contributed by atoms with Crippen molar-refractivity contribution < 1.29 is 4.39 Å². The average molecular weight is 409 g/mol. The first-order chi connectivity index (χ1) is 14.0. The van der Waals surface area contributed by atoms with Crippen molar-refractivity contribution in [2.45, 2.75) is 11.4 Å². The number of rotatable bonds is 5. The Morgan fingerprint density at radius 1 is 0.931 bits per heavy atom. The smallest absolute Gasteiger partial charge is 0.303 e. The van der Waals surface area contributed by atoms with Crippen molar-refractivity contribution >= 4 is 11.8 Å². The highest BCUT2D eigenvalue weighted by molar-refractivity contribution is 7.98. The molecule has 0 saturated heterocycles. The van der Waals surface area contributed by atoms with E-state index in [0.717, 1.165) is 10.6 Å². The summed E-state index contributed by atoms with van der Waals surface area (Å²) in [5.41, 5.74) is 0.385. The van der Waals surface area contributed by atoms with Gasteiger partial charge in [0.15, 0.2) is 0 Å². The van der Waals surface area contributed by atoms with E-state index in [2.05, 4.69) is 10.3 Å². The Kier molecular flexibility index (Phi) is 5.13. The molecule has 0 bridgehead atoms. The lowest BCUT2D eigenvalue weighted by molar-refractivity contribution is 0.627. The molecule has 4 aromatic rings. The van der Waals surface area contributed by atoms with Crippen LogP contribution in [-0.4, -0.2) is 30.4 Å². The number of thioether (sulfide) groups is 1. The van der Waals surface area contributed by atoms with Crippen LogP contribution in [0.5, 0.6) is 0 Å². The van der Waals surface area contributed by atoms with Crippen LogP contribution in [0.1, 0.15) is 5.69 Å². The minimum Gasteiger partial charge on any atom is -0.303 e. The van der Waals surface area contributed by atoms with Crippen molar-refractivity contribution in [2.75, 3.05) is 6.26 Å². The second-order valence-corrected chi connectivity index (χ2v) is 7.11. The number of benzene rings is 2. The molecule has 29 heavy (non-hydrogen) atoms. The molecule has 7 nitrogen and oxygen atoms in total. The highest BCUT2D eigenvalue weighted by Crippen LogP contribution is 2.16. The van der Waals surface area contributed by atoms with Crippen molar-refractivity contribution in [3.63, 3.8) is 0 Å². The SMILES string of the molecule is CSc1ccc(-n2cc(Cn3ccn(-c4ccc(F)cc4)c(=O)c3=O)nn2)cc1. The molecule has 0 aliphatic rings. The maximum atomic E-state index is 13.1. The predicted molar refractivity (Wildman–Crippen MR) is 108 cm³/mol. The molecule has 4 rings (SSSR count). The van der Waals surface area contributed by atoms with E-state index >= 15 is 0 Å². The Labute approximate surface area is 169 Å². The quantitative estimate of drug-likeness (QED) is 0.374. The minimum absolute atomic E-state index is 0.112. The van der Waals surface area contributed by atoms with E-state index in [1.807, 2.05) is 30.5 Å². The third-order valence-electron chi connectivity index (χ3n) is 4.37. The Hall–Kier alpha value is -3.46. The molecular weight excluding hydrogens is 393 g/mol. The number of hydrogen-bond donors (Lipinski definition) is 0. The number of nitrogens with zero attached hydrogens (tertiary/aromatic N) is 5. The first kappa shape index (κ1) is 18.9. The van der Waals surface area contributed by atoms with Crippen molar-refractivity contribution in [3.8, 4) is 11.4 Å². The van der Waals surface area contributed by atoms with Gasteiger partial charge in [0.1, 0.15) is 11.5 Å². The molecule has 0 aliphatic heterocycles. The molecule has 0 saturated carbocycles. The van der Waals surface area contributed by atoms with E-state index in [1.165, 1.54) is 45.8 Å². The molecule has 0 N–H and O–H groups in total. The van der Waals surface area contributed by atoms with Gasteiger partial charge in [0, 0.05) is 23.0 Å². The lowest BCUT2D eigenvalue weighted by Gasteiger charge is -2.07. The third kappa shape index (κ3) is 3.90. The summed E-state index contributed by atoms with van der Waals surface area (Å²) < 4.78 is 17.2. The predicted octanol–water partition coefficient (Wildman–Crippen LogP) is 2.49. The maximum Gasteiger partial charge on any atom is 0.320 e. The first-order valence-electron chi connectivity index (χ1n) is 8.69. The van der Waals surface area contributed by atoms with Gasteiger partial charge < -0.3 is 4.57 Å². The average Bonchev–Trinajstić information content (AvgIpc) is 3.21. The van der Waals surface area contributed by atoms with Crippen LogP contribution in [0, 0.1) is 5.82 Å². The van der Waals surface area contributed by atoms with E-state index in [-0.39, 0.29) is 6.54 Å². The van der Waals surface area contributed by atoms with Gasteiger partial charge in [-0.2, -0.15) is 0 Å². The fraction of sp³-hybridized carbons (Fsp3) is 0.100. The molecular formula is C20H16FN5O2S. The normalized spacial score (nSPS) is 11.0. The summed E-state index contributed by atoms with van der Waals surface area (Å²) in [6.07, 6.45) is 6.69. The van der Waals surface area contributed by atoms with Crippen molar-refractivity contribution in [1.82, 2.24) is 24.1 Å². The van der Waals surface area contributed by atoms with Gasteiger partial charge in [-0.3, -0.25) is 14.2 Å². The summed E-state index contributed by atoms with van der Waals surface area (Å²) in [5.74, 6) is -0.415. The Morgan fingerprint density at radius 2 is 1.62 bits per heavy atom. The van der Waals surface area contributed by atoms with Gasteiger partial charge in [0.2, 0.25) is 0 Å². The number of aromatic nitrogens is 5. The molecule has 0 fully saturated rings. The van der Waals surface area contributed by atoms with E-state index in [1.54, 1.807) is 22.6 Å². The molecule has 0 atom stereocenters. The Bertz CT molecular complexity index is 1260. The monoisotopic (exact) mass is 409 g/mol. The summed E-state index contributed by atoms with van der Waals surface area (Å²) >= 11 is 1.65. The molecule has 0 aliphatic carbocycles. The van der Waals surface area contributed by atoms with Gasteiger partial charge >= 0.3 is 11.1 Å². The molecule has 0 radical (unpaired) electrons. The van der Waals surface area contributed by atoms with E-state index in [4.69, 9.17) is 0 Å². The third-order valence-corrected chi connectivity index (χ3v) is 5.12. The Morgan fingerprint density at radius 3 is 2.31 bits per heavy atom. The van der Waals surface area contributed by atoms with Crippen molar-refractivity contribution in [2.24, 2.45) is 0 Å². The largest absolute Gasteiger partial charge is 0.320 e. The first-order valence-corrected chi connectivity index (χ1v) is 9.91.